The zero-order valence-corrected chi connectivity index (χ0v) is 17.6. The van der Waals surface area contributed by atoms with Crippen molar-refractivity contribution in [2.75, 3.05) is 27.3 Å². The molecule has 0 amide bonds. The van der Waals surface area contributed by atoms with Crippen LogP contribution in [0.3, 0.4) is 0 Å². The number of hydrogen-bond donors (Lipinski definition) is 1. The molecule has 2 fully saturated rings. The highest BCUT2D eigenvalue weighted by atomic mass is 16.5. The molecule has 0 radical (unpaired) electrons. The summed E-state index contributed by atoms with van der Waals surface area (Å²) in [6.07, 6.45) is 3.40. The van der Waals surface area contributed by atoms with Crippen LogP contribution < -0.4 is 9.47 Å². The topological polar surface area (TPSA) is 59.8 Å². The summed E-state index contributed by atoms with van der Waals surface area (Å²) >= 11 is 0. The lowest BCUT2D eigenvalue weighted by Gasteiger charge is -2.36. The Morgan fingerprint density at radius 1 is 1.00 bits per heavy atom. The van der Waals surface area contributed by atoms with Crippen molar-refractivity contribution < 1.29 is 14.6 Å². The van der Waals surface area contributed by atoms with Gasteiger partial charge < -0.3 is 19.1 Å². The summed E-state index contributed by atoms with van der Waals surface area (Å²) in [5.41, 5.74) is 3.30. The van der Waals surface area contributed by atoms with E-state index in [1.807, 2.05) is 30.6 Å². The number of ether oxygens (including phenoxy) is 2. The molecule has 2 aliphatic rings. The highest BCUT2D eigenvalue weighted by Gasteiger charge is 2.42. The molecule has 2 aromatic carbocycles. The zero-order valence-electron chi connectivity index (χ0n) is 17.6. The summed E-state index contributed by atoms with van der Waals surface area (Å²) < 4.78 is 13.0. The lowest BCUT2D eigenvalue weighted by Crippen LogP contribution is -2.36. The minimum absolute atomic E-state index is 0.0931. The van der Waals surface area contributed by atoms with Crippen LogP contribution in [0.4, 0.5) is 0 Å². The number of fused-ring (bicyclic) bond motifs is 2. The molecule has 6 heteroatoms. The van der Waals surface area contributed by atoms with Crippen molar-refractivity contribution in [1.29, 1.82) is 0 Å². The van der Waals surface area contributed by atoms with E-state index in [2.05, 4.69) is 32.7 Å². The number of nitrogens with zero attached hydrogens (tertiary/aromatic N) is 3. The molecule has 1 saturated heterocycles. The molecule has 2 heterocycles. The minimum Gasteiger partial charge on any atom is -0.497 e. The van der Waals surface area contributed by atoms with Crippen molar-refractivity contribution in [2.45, 2.75) is 31.5 Å². The summed E-state index contributed by atoms with van der Waals surface area (Å²) in [6.45, 7) is 2.95. The van der Waals surface area contributed by atoms with Crippen molar-refractivity contribution in [2.24, 2.45) is 11.8 Å². The standard InChI is InChI=1S/C24H29N3O3/c1-29-19-7-16(8-20(11-19)30-2)12-26-13-17-9-23(24(28)10-18(17)14-26)27-15-25-21-5-3-4-6-22(21)27/h3-8,11,15,17-18,23-24,28H,9-10,12-14H2,1-2H3/t17-,18+,23-,24-/m1/s1. The number of aliphatic hydroxyl groups is 1. The van der Waals surface area contributed by atoms with Crippen LogP contribution in [0.5, 0.6) is 11.5 Å². The van der Waals surface area contributed by atoms with Gasteiger partial charge in [0, 0.05) is 25.7 Å². The lowest BCUT2D eigenvalue weighted by molar-refractivity contribution is 0.0374. The zero-order chi connectivity index (χ0) is 20.7. The van der Waals surface area contributed by atoms with Gasteiger partial charge in [0.2, 0.25) is 0 Å². The normalized spacial score (nSPS) is 26.6. The summed E-state index contributed by atoms with van der Waals surface area (Å²) in [5, 5.41) is 11.0. The van der Waals surface area contributed by atoms with Gasteiger partial charge in [-0.3, -0.25) is 4.90 Å². The van der Waals surface area contributed by atoms with Crippen LogP contribution >= 0.6 is 0 Å². The van der Waals surface area contributed by atoms with Gasteiger partial charge in [0.05, 0.1) is 43.7 Å². The number of aliphatic hydroxyl groups excluding tert-OH is 1. The first-order valence-electron chi connectivity index (χ1n) is 10.7. The third kappa shape index (κ3) is 3.55. The van der Waals surface area contributed by atoms with Gasteiger partial charge in [0.15, 0.2) is 0 Å². The second kappa shape index (κ2) is 7.93. The molecule has 0 unspecified atom stereocenters. The van der Waals surface area contributed by atoms with Gasteiger partial charge in [-0.15, -0.1) is 0 Å². The van der Waals surface area contributed by atoms with E-state index in [9.17, 15) is 5.11 Å². The Balaban J connectivity index is 1.31. The molecule has 3 aromatic rings. The van der Waals surface area contributed by atoms with E-state index in [4.69, 9.17) is 9.47 Å². The van der Waals surface area contributed by atoms with Crippen LogP contribution in [0, 0.1) is 11.8 Å². The van der Waals surface area contributed by atoms with Crippen molar-refractivity contribution in [3.63, 3.8) is 0 Å². The Bertz CT molecular complexity index is 1010. The number of aromatic nitrogens is 2. The molecule has 6 nitrogen and oxygen atoms in total. The first-order valence-corrected chi connectivity index (χ1v) is 10.7. The predicted octanol–water partition coefficient (Wildman–Crippen LogP) is 3.50. The number of benzene rings is 2. The minimum atomic E-state index is -0.333. The second-order valence-corrected chi connectivity index (χ2v) is 8.68. The fraction of sp³-hybridized carbons (Fsp3) is 0.458. The van der Waals surface area contributed by atoms with Crippen LogP contribution in [-0.2, 0) is 6.54 Å². The molecule has 1 saturated carbocycles. The fourth-order valence-corrected chi connectivity index (χ4v) is 5.39. The maximum absolute atomic E-state index is 11.0. The van der Waals surface area contributed by atoms with E-state index in [0.29, 0.717) is 11.8 Å². The Labute approximate surface area is 177 Å². The van der Waals surface area contributed by atoms with Crippen LogP contribution in [0.1, 0.15) is 24.4 Å². The number of likely N-dealkylation sites (tertiary alicyclic amines) is 1. The number of hydrogen-bond acceptors (Lipinski definition) is 5. The number of imidazole rings is 1. The molecule has 0 spiro atoms. The predicted molar refractivity (Wildman–Crippen MR) is 116 cm³/mol. The van der Waals surface area contributed by atoms with Gasteiger partial charge in [-0.2, -0.15) is 0 Å². The molecule has 1 aliphatic carbocycles. The van der Waals surface area contributed by atoms with Gasteiger partial charge >= 0.3 is 0 Å². The van der Waals surface area contributed by atoms with E-state index in [-0.39, 0.29) is 12.1 Å². The van der Waals surface area contributed by atoms with E-state index in [1.165, 1.54) is 5.56 Å². The first kappa shape index (κ1) is 19.4. The second-order valence-electron chi connectivity index (χ2n) is 8.68. The molecule has 158 valence electrons. The van der Waals surface area contributed by atoms with Crippen LogP contribution in [0.25, 0.3) is 11.0 Å². The molecule has 1 aromatic heterocycles. The lowest BCUT2D eigenvalue weighted by atomic mass is 9.77. The van der Waals surface area contributed by atoms with Gasteiger partial charge in [0.1, 0.15) is 11.5 Å². The average Bonchev–Trinajstić information content (AvgIpc) is 3.35. The van der Waals surface area contributed by atoms with Gasteiger partial charge in [0.25, 0.3) is 0 Å². The third-order valence-corrected chi connectivity index (χ3v) is 6.84. The van der Waals surface area contributed by atoms with Crippen molar-refractivity contribution in [1.82, 2.24) is 14.5 Å². The van der Waals surface area contributed by atoms with Crippen molar-refractivity contribution in [3.8, 4) is 11.5 Å². The molecule has 1 N–H and O–H groups in total. The Morgan fingerprint density at radius 3 is 2.43 bits per heavy atom. The van der Waals surface area contributed by atoms with Crippen molar-refractivity contribution in [3.05, 3.63) is 54.4 Å². The first-order chi connectivity index (χ1) is 14.6. The number of methoxy groups -OCH3 is 2. The number of para-hydroxylation sites is 2. The monoisotopic (exact) mass is 407 g/mol. The van der Waals surface area contributed by atoms with Crippen LogP contribution in [0.15, 0.2) is 48.8 Å². The SMILES string of the molecule is COc1cc(CN2C[C@H]3C[C@@H](n4cnc5ccccc54)[C@H](O)C[C@H]3C2)cc(OC)c1. The summed E-state index contributed by atoms with van der Waals surface area (Å²) in [4.78, 5) is 7.04. The quantitative estimate of drug-likeness (QED) is 0.702. The van der Waals surface area contributed by atoms with Gasteiger partial charge in [-0.05, 0) is 54.5 Å². The highest BCUT2D eigenvalue weighted by Crippen LogP contribution is 2.42. The Hall–Kier alpha value is -2.57. The maximum Gasteiger partial charge on any atom is 0.122 e. The molecule has 1 aliphatic heterocycles. The average molecular weight is 408 g/mol. The Kier molecular flexibility index (Phi) is 5.13. The highest BCUT2D eigenvalue weighted by molar-refractivity contribution is 5.75. The molecule has 4 atom stereocenters. The third-order valence-electron chi connectivity index (χ3n) is 6.84. The van der Waals surface area contributed by atoms with Gasteiger partial charge in [-0.25, -0.2) is 4.98 Å². The van der Waals surface area contributed by atoms with E-state index < -0.39 is 0 Å². The molecular weight excluding hydrogens is 378 g/mol. The maximum atomic E-state index is 11.0. The van der Waals surface area contributed by atoms with Gasteiger partial charge in [-0.1, -0.05) is 12.1 Å². The van der Waals surface area contributed by atoms with Crippen LogP contribution in [-0.4, -0.2) is 53.0 Å². The van der Waals surface area contributed by atoms with Crippen molar-refractivity contribution >= 4 is 11.0 Å². The summed E-state index contributed by atoms with van der Waals surface area (Å²) in [5.74, 6) is 2.78. The smallest absolute Gasteiger partial charge is 0.122 e. The Morgan fingerprint density at radius 2 is 1.70 bits per heavy atom. The van der Waals surface area contributed by atoms with E-state index in [1.54, 1.807) is 14.2 Å². The molecule has 30 heavy (non-hydrogen) atoms. The summed E-state index contributed by atoms with van der Waals surface area (Å²) in [7, 11) is 3.37. The summed E-state index contributed by atoms with van der Waals surface area (Å²) in [6, 6.07) is 14.3. The fourth-order valence-electron chi connectivity index (χ4n) is 5.39. The van der Waals surface area contributed by atoms with Crippen LogP contribution in [0.2, 0.25) is 0 Å². The largest absolute Gasteiger partial charge is 0.497 e. The van der Waals surface area contributed by atoms with E-state index >= 15 is 0 Å². The molecule has 0 bridgehead atoms. The number of rotatable bonds is 5. The molecular formula is C24H29N3O3. The molecule has 5 rings (SSSR count). The van der Waals surface area contributed by atoms with E-state index in [0.717, 1.165) is 55.0 Å².